The lowest BCUT2D eigenvalue weighted by Gasteiger charge is -2.08. The smallest absolute Gasteiger partial charge is 0.308 e. The van der Waals surface area contributed by atoms with Crippen molar-refractivity contribution in [2.24, 2.45) is 5.92 Å². The zero-order chi connectivity index (χ0) is 11.3. The summed E-state index contributed by atoms with van der Waals surface area (Å²) >= 11 is 1.52. The number of carboxylic acids is 1. The minimum absolute atomic E-state index is 0.361. The first-order chi connectivity index (χ1) is 7.13. The minimum Gasteiger partial charge on any atom is -0.481 e. The van der Waals surface area contributed by atoms with Crippen LogP contribution in [0.25, 0.3) is 0 Å². The van der Waals surface area contributed by atoms with Gasteiger partial charge in [-0.25, -0.2) is 9.97 Å². The molecule has 6 heteroatoms. The average Bonchev–Trinajstić information content (AvgIpc) is 2.26. The zero-order valence-corrected chi connectivity index (χ0v) is 9.41. The Balaban J connectivity index is 2.53. The molecule has 0 aliphatic carbocycles. The minimum atomic E-state index is -0.818. The Morgan fingerprint density at radius 3 is 3.00 bits per heavy atom. The van der Waals surface area contributed by atoms with Gasteiger partial charge < -0.3 is 10.4 Å². The molecule has 15 heavy (non-hydrogen) atoms. The van der Waals surface area contributed by atoms with Crippen molar-refractivity contribution >= 4 is 23.5 Å². The normalized spacial score (nSPS) is 12.1. The van der Waals surface area contributed by atoms with Crippen LogP contribution in [0.2, 0.25) is 0 Å². The maximum absolute atomic E-state index is 10.6. The summed E-state index contributed by atoms with van der Waals surface area (Å²) in [5.41, 5.74) is 0. The van der Waals surface area contributed by atoms with Crippen molar-refractivity contribution in [1.82, 2.24) is 9.97 Å². The van der Waals surface area contributed by atoms with E-state index in [-0.39, 0.29) is 0 Å². The highest BCUT2D eigenvalue weighted by atomic mass is 32.2. The summed E-state index contributed by atoms with van der Waals surface area (Å²) in [6, 6.07) is 1.79. The van der Waals surface area contributed by atoms with E-state index in [0.717, 1.165) is 5.03 Å². The second kappa shape index (κ2) is 5.55. The second-order valence-corrected chi connectivity index (χ2v) is 3.89. The SMILES string of the molecule is CSc1cc(NCC(C)C(=O)O)ncn1. The Morgan fingerprint density at radius 1 is 1.67 bits per heavy atom. The van der Waals surface area contributed by atoms with Gasteiger partial charge in [0.15, 0.2) is 0 Å². The highest BCUT2D eigenvalue weighted by Crippen LogP contribution is 2.13. The summed E-state index contributed by atoms with van der Waals surface area (Å²) < 4.78 is 0. The van der Waals surface area contributed by atoms with Crippen LogP contribution >= 0.6 is 11.8 Å². The van der Waals surface area contributed by atoms with Gasteiger partial charge in [-0.3, -0.25) is 4.79 Å². The Kier molecular flexibility index (Phi) is 4.36. The maximum Gasteiger partial charge on any atom is 0.308 e. The molecule has 1 unspecified atom stereocenters. The third-order valence-electron chi connectivity index (χ3n) is 1.86. The molecule has 0 aliphatic heterocycles. The van der Waals surface area contributed by atoms with E-state index in [1.54, 1.807) is 13.0 Å². The molecule has 0 amide bonds. The molecular formula is C9H13N3O2S. The van der Waals surface area contributed by atoms with Gasteiger partial charge in [0, 0.05) is 12.6 Å². The van der Waals surface area contributed by atoms with Crippen LogP contribution in [0.3, 0.4) is 0 Å². The quantitative estimate of drug-likeness (QED) is 0.584. The van der Waals surface area contributed by atoms with Crippen LogP contribution in [-0.2, 0) is 4.79 Å². The van der Waals surface area contributed by atoms with E-state index in [4.69, 9.17) is 5.11 Å². The van der Waals surface area contributed by atoms with Gasteiger partial charge in [0.05, 0.1) is 5.92 Å². The van der Waals surface area contributed by atoms with Crippen LogP contribution in [0.5, 0.6) is 0 Å². The largest absolute Gasteiger partial charge is 0.481 e. The molecular weight excluding hydrogens is 214 g/mol. The maximum atomic E-state index is 10.6. The van der Waals surface area contributed by atoms with Crippen molar-refractivity contribution in [3.05, 3.63) is 12.4 Å². The Hall–Kier alpha value is -1.30. The van der Waals surface area contributed by atoms with Gasteiger partial charge in [-0.15, -0.1) is 11.8 Å². The Labute approximate surface area is 92.3 Å². The van der Waals surface area contributed by atoms with E-state index in [1.807, 2.05) is 6.26 Å². The van der Waals surface area contributed by atoms with Crippen molar-refractivity contribution in [3.8, 4) is 0 Å². The van der Waals surface area contributed by atoms with Crippen LogP contribution in [-0.4, -0.2) is 33.8 Å². The lowest BCUT2D eigenvalue weighted by atomic mass is 10.2. The van der Waals surface area contributed by atoms with Crippen LogP contribution in [0.1, 0.15) is 6.92 Å². The van der Waals surface area contributed by atoms with E-state index in [1.165, 1.54) is 18.1 Å². The van der Waals surface area contributed by atoms with E-state index in [2.05, 4.69) is 15.3 Å². The fraction of sp³-hybridized carbons (Fsp3) is 0.444. The van der Waals surface area contributed by atoms with Gasteiger partial charge in [0.1, 0.15) is 17.2 Å². The predicted molar refractivity (Wildman–Crippen MR) is 59.1 cm³/mol. The molecule has 0 radical (unpaired) electrons. The van der Waals surface area contributed by atoms with Crippen LogP contribution < -0.4 is 5.32 Å². The molecule has 1 atom stereocenters. The molecule has 0 spiro atoms. The summed E-state index contributed by atoms with van der Waals surface area (Å²) in [6.07, 6.45) is 3.38. The van der Waals surface area contributed by atoms with Gasteiger partial charge in [0.2, 0.25) is 0 Å². The number of rotatable bonds is 5. The van der Waals surface area contributed by atoms with Crippen molar-refractivity contribution in [1.29, 1.82) is 0 Å². The number of hydrogen-bond donors (Lipinski definition) is 2. The number of aromatic nitrogens is 2. The first kappa shape index (κ1) is 11.8. The molecule has 0 aromatic carbocycles. The van der Waals surface area contributed by atoms with Crippen molar-refractivity contribution < 1.29 is 9.90 Å². The molecule has 0 bridgehead atoms. The fourth-order valence-corrected chi connectivity index (χ4v) is 1.27. The number of carbonyl (C=O) groups is 1. The van der Waals surface area contributed by atoms with E-state index < -0.39 is 11.9 Å². The molecule has 5 nitrogen and oxygen atoms in total. The third kappa shape index (κ3) is 3.75. The molecule has 2 N–H and O–H groups in total. The Bertz CT molecular complexity index is 346. The number of nitrogens with zero attached hydrogens (tertiary/aromatic N) is 2. The lowest BCUT2D eigenvalue weighted by molar-refractivity contribution is -0.140. The summed E-state index contributed by atoms with van der Waals surface area (Å²) in [5.74, 6) is -0.596. The third-order valence-corrected chi connectivity index (χ3v) is 2.50. The predicted octanol–water partition coefficient (Wildman–Crippen LogP) is 1.33. The van der Waals surface area contributed by atoms with Crippen molar-refractivity contribution in [2.75, 3.05) is 18.1 Å². The molecule has 0 saturated carbocycles. The number of carboxylic acid groups (broad SMARTS) is 1. The molecule has 1 aromatic rings. The van der Waals surface area contributed by atoms with Gasteiger partial charge in [-0.1, -0.05) is 6.92 Å². The van der Waals surface area contributed by atoms with Crippen LogP contribution in [0, 0.1) is 5.92 Å². The first-order valence-electron chi connectivity index (χ1n) is 4.46. The van der Waals surface area contributed by atoms with Crippen molar-refractivity contribution in [3.63, 3.8) is 0 Å². The number of aliphatic carboxylic acids is 1. The van der Waals surface area contributed by atoms with E-state index in [0.29, 0.717) is 12.4 Å². The molecule has 1 aromatic heterocycles. The molecule has 82 valence electrons. The summed E-state index contributed by atoms with van der Waals surface area (Å²) in [4.78, 5) is 18.6. The van der Waals surface area contributed by atoms with E-state index >= 15 is 0 Å². The number of anilines is 1. The fourth-order valence-electron chi connectivity index (χ4n) is 0.893. The zero-order valence-electron chi connectivity index (χ0n) is 8.60. The molecule has 0 aliphatic rings. The van der Waals surface area contributed by atoms with Gasteiger partial charge in [-0.2, -0.15) is 0 Å². The lowest BCUT2D eigenvalue weighted by Crippen LogP contribution is -2.20. The van der Waals surface area contributed by atoms with Gasteiger partial charge in [0.25, 0.3) is 0 Å². The molecule has 1 heterocycles. The van der Waals surface area contributed by atoms with Crippen LogP contribution in [0.4, 0.5) is 5.82 Å². The average molecular weight is 227 g/mol. The molecule has 0 saturated heterocycles. The topological polar surface area (TPSA) is 75.1 Å². The van der Waals surface area contributed by atoms with E-state index in [9.17, 15) is 4.79 Å². The Morgan fingerprint density at radius 2 is 2.40 bits per heavy atom. The van der Waals surface area contributed by atoms with Gasteiger partial charge >= 0.3 is 5.97 Å². The second-order valence-electron chi connectivity index (χ2n) is 3.07. The molecule has 0 fully saturated rings. The van der Waals surface area contributed by atoms with Crippen molar-refractivity contribution in [2.45, 2.75) is 11.9 Å². The highest BCUT2D eigenvalue weighted by molar-refractivity contribution is 7.98. The molecule has 1 rings (SSSR count). The number of thioether (sulfide) groups is 1. The summed E-state index contributed by atoms with van der Waals surface area (Å²) in [6.45, 7) is 2.01. The monoisotopic (exact) mass is 227 g/mol. The first-order valence-corrected chi connectivity index (χ1v) is 5.68. The van der Waals surface area contributed by atoms with Crippen LogP contribution in [0.15, 0.2) is 17.4 Å². The standard InChI is InChI=1S/C9H13N3O2S/c1-6(9(13)14)4-10-7-3-8(15-2)12-5-11-7/h3,5-6H,4H2,1-2H3,(H,13,14)(H,10,11,12). The summed E-state index contributed by atoms with van der Waals surface area (Å²) in [5, 5.41) is 12.5. The van der Waals surface area contributed by atoms with Gasteiger partial charge in [-0.05, 0) is 6.26 Å². The highest BCUT2D eigenvalue weighted by Gasteiger charge is 2.10. The summed E-state index contributed by atoms with van der Waals surface area (Å²) in [7, 11) is 0. The number of nitrogens with one attached hydrogen (secondary N) is 1. The number of hydrogen-bond acceptors (Lipinski definition) is 5.